The molecule has 5 amide bonds. The van der Waals surface area contributed by atoms with Gasteiger partial charge in [0.2, 0.25) is 5.91 Å². The van der Waals surface area contributed by atoms with E-state index < -0.39 is 11.7 Å². The van der Waals surface area contributed by atoms with Crippen LogP contribution in [0.3, 0.4) is 0 Å². The number of imidazole rings is 3. The minimum Gasteiger partial charge on any atom is -0.441 e. The fraction of sp³-hybridized carbons (Fsp3) is 0.353. The molecule has 1 spiro atoms. The molecule has 0 radical (unpaired) electrons. The molecule has 97 heavy (non-hydrogen) atoms. The second kappa shape index (κ2) is 29.8. The molecule has 9 aromatic rings. The average molecular weight is 1440 g/mol. The number of piperazine rings is 1. The Balaban J connectivity index is 0.000000140. The Morgan fingerprint density at radius 2 is 0.907 bits per heavy atom. The summed E-state index contributed by atoms with van der Waals surface area (Å²) in [4.78, 5) is 86.7. The molecule has 2 atom stereocenters. The maximum absolute atomic E-state index is 13.5. The third-order valence-electron chi connectivity index (χ3n) is 18.1. The normalized spacial score (nSPS) is 18.0. The van der Waals surface area contributed by atoms with Gasteiger partial charge >= 0.3 is 6.09 Å². The summed E-state index contributed by atoms with van der Waals surface area (Å²) in [6, 6.07) is 21.6. The van der Waals surface area contributed by atoms with Crippen molar-refractivity contribution < 1.29 is 38.2 Å². The number of hydrogen-bond acceptors (Lipinski definition) is 15. The Kier molecular flexibility index (Phi) is 21.3. The maximum Gasteiger partial charge on any atom is 0.407 e. The molecule has 0 bridgehead atoms. The number of carbonyl (C=O) groups is 5. The van der Waals surface area contributed by atoms with Crippen molar-refractivity contribution in [2.75, 3.05) is 91.8 Å². The Hall–Kier alpha value is -7.62. The number of carbonyl (C=O) groups excluding carboxylic acids is 5. The molecule has 0 saturated carbocycles. The van der Waals surface area contributed by atoms with E-state index in [0.717, 1.165) is 50.1 Å². The number of alkyl carbamates (subject to hydrolysis) is 1. The molecule has 2 unspecified atom stereocenters. The van der Waals surface area contributed by atoms with Gasteiger partial charge in [-0.15, -0.1) is 0 Å². The molecule has 7 N–H and O–H groups in total. The molecular weight excluding hydrogens is 1370 g/mol. The molecule has 6 aromatic heterocycles. The summed E-state index contributed by atoms with van der Waals surface area (Å²) in [5.74, 6) is -0.189. The van der Waals surface area contributed by atoms with Crippen molar-refractivity contribution in [2.24, 2.45) is 17.2 Å². The maximum atomic E-state index is 13.5. The van der Waals surface area contributed by atoms with Crippen LogP contribution in [0.15, 0.2) is 110 Å². The molecule has 5 aliphatic heterocycles. The number of nitrogens with one attached hydrogen (secondary N) is 1. The van der Waals surface area contributed by atoms with Crippen LogP contribution in [-0.4, -0.2) is 192 Å². The number of benzene rings is 3. The van der Waals surface area contributed by atoms with Crippen LogP contribution in [0, 0.1) is 0 Å². The Bertz CT molecular complexity index is 4480. The third kappa shape index (κ3) is 15.0. The number of hydrogen-bond donors (Lipinski definition) is 4. The Morgan fingerprint density at radius 1 is 0.515 bits per heavy atom. The summed E-state index contributed by atoms with van der Waals surface area (Å²) in [6.45, 7) is 12.6. The van der Waals surface area contributed by atoms with Crippen molar-refractivity contribution >= 4 is 116 Å². The zero-order valence-corrected chi connectivity index (χ0v) is 57.7. The van der Waals surface area contributed by atoms with Gasteiger partial charge in [0.05, 0.1) is 57.1 Å². The molecule has 23 nitrogen and oxygen atoms in total. The van der Waals surface area contributed by atoms with Crippen molar-refractivity contribution in [1.29, 1.82) is 0 Å². The second-order valence-electron chi connectivity index (χ2n) is 24.5. The molecule has 29 heteroatoms. The van der Waals surface area contributed by atoms with E-state index >= 15 is 0 Å². The number of aromatic nitrogens is 6. The number of likely N-dealkylation sites (tertiary alicyclic amines) is 1. The van der Waals surface area contributed by atoms with Crippen LogP contribution in [0.1, 0.15) is 74.8 Å². The largest absolute Gasteiger partial charge is 0.441 e. The lowest BCUT2D eigenvalue weighted by atomic mass is 9.91. The lowest BCUT2D eigenvalue weighted by Crippen LogP contribution is -2.52. The van der Waals surface area contributed by atoms with E-state index in [9.17, 15) is 24.0 Å². The van der Waals surface area contributed by atoms with E-state index in [1.54, 1.807) is 73.1 Å². The van der Waals surface area contributed by atoms with Crippen molar-refractivity contribution in [3.8, 4) is 33.4 Å². The standard InChI is InChI=1S/C25H28Cl2N6O3.C22H21Cl2N5O3.C21H22Cl2N4O2/c26-18-1-2-19(21(27)12-18)20-15-33-22(14-29-23(33)11-17(20)13-28)25(35)32-5-3-30(4-6-32)16-24(34)31-7-9-36-10-8-31;23-14-1-2-15(17(24)8-14)16-11-29-18(10-26-19(29)7-13(16)9-25)20(30)28-5-3-22(4-6-28)12-27-21(31)32-22;1-12-9-26(10-13(2)29-12)21(28)19-8-25-20-5-14(7-24)17(11-27(19)20)16-4-3-15(22)6-18(16)23/h1-2,11-12,14-15H,3-10,13,16,28H2;1-2,7-8,10-11H,3-6,9,12,25H2,(H,27,31);3-6,8,11-13H,7,9-10,24H2,1-2H3. The van der Waals surface area contributed by atoms with Crippen LogP contribution in [0.2, 0.25) is 30.1 Å². The van der Waals surface area contributed by atoms with E-state index in [1.807, 2.05) is 83.5 Å². The number of amides is 5. The molecule has 5 saturated heterocycles. The van der Waals surface area contributed by atoms with Crippen molar-refractivity contribution in [2.45, 2.75) is 64.1 Å². The molecule has 5 fully saturated rings. The average Bonchev–Trinajstić information content (AvgIpc) is 1.73. The highest BCUT2D eigenvalue weighted by molar-refractivity contribution is 6.37. The van der Waals surface area contributed by atoms with Gasteiger partial charge in [0.1, 0.15) is 39.6 Å². The number of fused-ring (bicyclic) bond motifs is 3. The predicted molar refractivity (Wildman–Crippen MR) is 374 cm³/mol. The number of ether oxygens (including phenoxy) is 3. The van der Waals surface area contributed by atoms with E-state index in [-0.39, 0.29) is 35.8 Å². The topological polar surface area (TPSA) is 271 Å². The summed E-state index contributed by atoms with van der Waals surface area (Å²) < 4.78 is 21.9. The first kappa shape index (κ1) is 69.3. The van der Waals surface area contributed by atoms with E-state index in [4.69, 9.17) is 101 Å². The number of halogens is 6. The highest BCUT2D eigenvalue weighted by atomic mass is 35.5. The molecule has 14 rings (SSSR count). The first-order valence-electron chi connectivity index (χ1n) is 31.7. The number of nitrogens with two attached hydrogens (primary N) is 3. The lowest BCUT2D eigenvalue weighted by Gasteiger charge is -2.37. The number of piperidine rings is 1. The summed E-state index contributed by atoms with van der Waals surface area (Å²) in [5, 5.41) is 5.88. The number of pyridine rings is 3. The number of morpholine rings is 2. The lowest BCUT2D eigenvalue weighted by molar-refractivity contribution is -0.136. The van der Waals surface area contributed by atoms with Crippen LogP contribution >= 0.6 is 69.6 Å². The van der Waals surface area contributed by atoms with Crippen LogP contribution in [0.25, 0.3) is 50.3 Å². The zero-order valence-electron chi connectivity index (χ0n) is 53.2. The van der Waals surface area contributed by atoms with Crippen LogP contribution in [-0.2, 0) is 38.6 Å². The summed E-state index contributed by atoms with van der Waals surface area (Å²) in [6.07, 6.45) is 11.2. The number of rotatable bonds is 11. The fourth-order valence-electron chi connectivity index (χ4n) is 13.0. The Labute approximate surface area is 589 Å². The molecular formula is C68H71Cl6N15O8. The van der Waals surface area contributed by atoms with Gasteiger partial charge in [-0.2, -0.15) is 0 Å². The molecule has 11 heterocycles. The summed E-state index contributed by atoms with van der Waals surface area (Å²) >= 11 is 37.5. The fourth-order valence-corrected chi connectivity index (χ4v) is 14.5. The first-order chi connectivity index (χ1) is 46.7. The van der Waals surface area contributed by atoms with Gasteiger partial charge in [0.15, 0.2) is 0 Å². The monoisotopic (exact) mass is 1440 g/mol. The van der Waals surface area contributed by atoms with E-state index in [2.05, 4.69) is 25.2 Å². The highest BCUT2D eigenvalue weighted by Crippen LogP contribution is 2.38. The van der Waals surface area contributed by atoms with Gasteiger partial charge < -0.3 is 56.3 Å². The zero-order chi connectivity index (χ0) is 68.4. The minimum atomic E-state index is -0.512. The van der Waals surface area contributed by atoms with Gasteiger partial charge in [-0.05, 0) is 85.1 Å². The summed E-state index contributed by atoms with van der Waals surface area (Å²) in [5.41, 5.74) is 28.3. The number of nitrogens with zero attached hydrogens (tertiary/aromatic N) is 11. The van der Waals surface area contributed by atoms with Gasteiger partial charge in [-0.1, -0.05) is 87.8 Å². The second-order valence-corrected chi connectivity index (χ2v) is 27.0. The highest BCUT2D eigenvalue weighted by Gasteiger charge is 2.44. The van der Waals surface area contributed by atoms with Gasteiger partial charge in [-0.3, -0.25) is 37.3 Å². The van der Waals surface area contributed by atoms with Crippen molar-refractivity contribution in [3.63, 3.8) is 0 Å². The van der Waals surface area contributed by atoms with Crippen LogP contribution < -0.4 is 22.5 Å². The third-order valence-corrected chi connectivity index (χ3v) is 19.7. The SMILES string of the molecule is CC1CN(C(=O)c2cnc3cc(CN)c(-c4ccc(Cl)cc4Cl)cn23)CC(C)O1.NCc1cc2ncc(C(=O)N3CCC4(CC3)CNC(=O)O4)n2cc1-c1ccc(Cl)cc1Cl.NCc1cc2ncc(C(=O)N3CCN(CC(=O)N4CCOCC4)CC3)n2cc1-c1ccc(Cl)cc1Cl. The van der Waals surface area contributed by atoms with E-state index in [0.29, 0.717) is 188 Å². The van der Waals surface area contributed by atoms with Crippen LogP contribution in [0.4, 0.5) is 4.79 Å². The van der Waals surface area contributed by atoms with Crippen molar-refractivity contribution in [1.82, 2.24) is 58.0 Å². The molecule has 3 aromatic carbocycles. The predicted octanol–water partition coefficient (Wildman–Crippen LogP) is 9.88. The van der Waals surface area contributed by atoms with Crippen molar-refractivity contribution in [3.05, 3.63) is 174 Å². The van der Waals surface area contributed by atoms with E-state index in [1.165, 1.54) is 0 Å². The van der Waals surface area contributed by atoms with Gasteiger partial charge in [0.25, 0.3) is 17.7 Å². The molecule has 0 aliphatic carbocycles. The first-order valence-corrected chi connectivity index (χ1v) is 34.0. The Morgan fingerprint density at radius 3 is 1.28 bits per heavy atom. The minimum absolute atomic E-state index is 0.00540. The van der Waals surface area contributed by atoms with Crippen LogP contribution in [0.5, 0.6) is 0 Å². The smallest absolute Gasteiger partial charge is 0.407 e. The van der Waals surface area contributed by atoms with Gasteiger partial charge in [0, 0.05) is 180 Å². The van der Waals surface area contributed by atoms with Gasteiger partial charge in [-0.25, -0.2) is 19.7 Å². The molecule has 5 aliphatic rings. The molecule has 508 valence electrons. The quantitative estimate of drug-likeness (QED) is 0.0938. The summed E-state index contributed by atoms with van der Waals surface area (Å²) in [7, 11) is 0.